The second-order valence-electron chi connectivity index (χ2n) is 4.84. The highest BCUT2D eigenvalue weighted by atomic mass is 16.1. The third-order valence-electron chi connectivity index (χ3n) is 3.17. The van der Waals surface area contributed by atoms with E-state index in [0.717, 1.165) is 25.9 Å². The molecule has 0 unspecified atom stereocenters. The zero-order valence-electron chi connectivity index (χ0n) is 12.1. The van der Waals surface area contributed by atoms with Crippen molar-refractivity contribution in [2.75, 3.05) is 19.6 Å². The molecule has 0 saturated carbocycles. The zero-order valence-corrected chi connectivity index (χ0v) is 12.1. The highest BCUT2D eigenvalue weighted by Crippen LogP contribution is 2.01. The summed E-state index contributed by atoms with van der Waals surface area (Å²) in [7, 11) is 0. The van der Waals surface area contributed by atoms with Crippen LogP contribution < -0.4 is 10.6 Å². The van der Waals surface area contributed by atoms with E-state index in [2.05, 4.69) is 39.9 Å². The Morgan fingerprint density at radius 1 is 1.00 bits per heavy atom. The van der Waals surface area contributed by atoms with E-state index in [1.807, 2.05) is 6.07 Å². The van der Waals surface area contributed by atoms with Crippen LogP contribution in [0.15, 0.2) is 54.9 Å². The van der Waals surface area contributed by atoms with Gasteiger partial charge in [-0.2, -0.15) is 0 Å². The number of benzene rings is 1. The molecule has 21 heavy (non-hydrogen) atoms. The summed E-state index contributed by atoms with van der Waals surface area (Å²) in [6.07, 6.45) is 5.41. The molecular formula is C17H21N3O. The number of hydrogen-bond acceptors (Lipinski definition) is 3. The molecule has 1 heterocycles. The number of hydrogen-bond donors (Lipinski definition) is 2. The van der Waals surface area contributed by atoms with Gasteiger partial charge >= 0.3 is 0 Å². The number of carbonyl (C=O) groups excluding carboxylic acids is 1. The molecule has 0 aliphatic rings. The quantitative estimate of drug-likeness (QED) is 0.729. The average molecular weight is 283 g/mol. The van der Waals surface area contributed by atoms with Gasteiger partial charge in [-0.15, -0.1) is 0 Å². The molecule has 4 heteroatoms. The van der Waals surface area contributed by atoms with Gasteiger partial charge in [0.1, 0.15) is 0 Å². The molecule has 0 atom stereocenters. The van der Waals surface area contributed by atoms with Gasteiger partial charge in [0.2, 0.25) is 0 Å². The van der Waals surface area contributed by atoms with Gasteiger partial charge in [0.15, 0.2) is 0 Å². The normalized spacial score (nSPS) is 10.3. The van der Waals surface area contributed by atoms with Crippen LogP contribution in [0.5, 0.6) is 0 Å². The molecular weight excluding hydrogens is 262 g/mol. The molecule has 110 valence electrons. The van der Waals surface area contributed by atoms with Crippen LogP contribution in [0, 0.1) is 0 Å². The lowest BCUT2D eigenvalue weighted by atomic mass is 10.1. The monoisotopic (exact) mass is 283 g/mol. The number of nitrogens with one attached hydrogen (secondary N) is 2. The number of rotatable bonds is 8. The van der Waals surface area contributed by atoms with Gasteiger partial charge < -0.3 is 10.6 Å². The first kappa shape index (κ1) is 15.2. The van der Waals surface area contributed by atoms with E-state index in [0.29, 0.717) is 12.1 Å². The van der Waals surface area contributed by atoms with E-state index in [4.69, 9.17) is 0 Å². The topological polar surface area (TPSA) is 54.0 Å². The molecule has 0 aliphatic heterocycles. The SMILES string of the molecule is O=C(NCCNCCCc1ccccc1)c1cccnc1. The van der Waals surface area contributed by atoms with Gasteiger partial charge in [-0.25, -0.2) is 0 Å². The van der Waals surface area contributed by atoms with Gasteiger partial charge in [-0.1, -0.05) is 30.3 Å². The Bertz CT molecular complexity index is 528. The lowest BCUT2D eigenvalue weighted by Gasteiger charge is -2.07. The minimum absolute atomic E-state index is 0.0748. The number of nitrogens with zero attached hydrogens (tertiary/aromatic N) is 1. The molecule has 0 fully saturated rings. The third-order valence-corrected chi connectivity index (χ3v) is 3.17. The molecule has 0 spiro atoms. The fourth-order valence-corrected chi connectivity index (χ4v) is 2.05. The van der Waals surface area contributed by atoms with Crippen LogP contribution in [0.4, 0.5) is 0 Å². The van der Waals surface area contributed by atoms with Crippen molar-refractivity contribution < 1.29 is 4.79 Å². The molecule has 2 aromatic rings. The van der Waals surface area contributed by atoms with Crippen LogP contribution in [0.25, 0.3) is 0 Å². The summed E-state index contributed by atoms with van der Waals surface area (Å²) in [6, 6.07) is 14.0. The van der Waals surface area contributed by atoms with Crippen molar-refractivity contribution in [1.29, 1.82) is 0 Å². The van der Waals surface area contributed by atoms with Crippen LogP contribution in [-0.2, 0) is 6.42 Å². The summed E-state index contributed by atoms with van der Waals surface area (Å²) in [6.45, 7) is 2.36. The van der Waals surface area contributed by atoms with Crippen LogP contribution in [0.1, 0.15) is 22.3 Å². The zero-order chi connectivity index (χ0) is 14.8. The van der Waals surface area contributed by atoms with Crippen LogP contribution in [-0.4, -0.2) is 30.5 Å². The number of pyridine rings is 1. The summed E-state index contributed by atoms with van der Waals surface area (Å²) >= 11 is 0. The predicted octanol–water partition coefficient (Wildman–Crippen LogP) is 2.03. The summed E-state index contributed by atoms with van der Waals surface area (Å²) in [5.74, 6) is -0.0748. The van der Waals surface area contributed by atoms with E-state index in [9.17, 15) is 4.79 Å². The van der Waals surface area contributed by atoms with Crippen molar-refractivity contribution in [2.45, 2.75) is 12.8 Å². The second kappa shape index (κ2) is 8.87. The second-order valence-corrected chi connectivity index (χ2v) is 4.84. The summed E-state index contributed by atoms with van der Waals surface area (Å²) in [4.78, 5) is 15.7. The van der Waals surface area contributed by atoms with Gasteiger partial charge in [0.25, 0.3) is 5.91 Å². The molecule has 1 amide bonds. The molecule has 2 N–H and O–H groups in total. The highest BCUT2D eigenvalue weighted by molar-refractivity contribution is 5.93. The van der Waals surface area contributed by atoms with Crippen LogP contribution >= 0.6 is 0 Å². The minimum atomic E-state index is -0.0748. The van der Waals surface area contributed by atoms with E-state index in [-0.39, 0.29) is 5.91 Å². The molecule has 0 bridgehead atoms. The molecule has 0 aliphatic carbocycles. The lowest BCUT2D eigenvalue weighted by molar-refractivity contribution is 0.0953. The Kier molecular flexibility index (Phi) is 6.42. The summed E-state index contributed by atoms with van der Waals surface area (Å²) in [5, 5.41) is 6.20. The first-order valence-electron chi connectivity index (χ1n) is 7.29. The first-order chi connectivity index (χ1) is 10.4. The van der Waals surface area contributed by atoms with Crippen molar-refractivity contribution >= 4 is 5.91 Å². The van der Waals surface area contributed by atoms with Gasteiger partial charge in [-0.05, 0) is 37.1 Å². The van der Waals surface area contributed by atoms with Crippen molar-refractivity contribution in [2.24, 2.45) is 0 Å². The van der Waals surface area contributed by atoms with Crippen molar-refractivity contribution in [3.8, 4) is 0 Å². The van der Waals surface area contributed by atoms with Gasteiger partial charge in [0, 0.05) is 25.5 Å². The van der Waals surface area contributed by atoms with Gasteiger partial charge in [0.05, 0.1) is 5.56 Å². The minimum Gasteiger partial charge on any atom is -0.351 e. The van der Waals surface area contributed by atoms with Crippen molar-refractivity contribution in [3.05, 3.63) is 66.0 Å². The average Bonchev–Trinajstić information content (AvgIpc) is 2.55. The molecule has 1 aromatic heterocycles. The van der Waals surface area contributed by atoms with E-state index in [1.165, 1.54) is 5.56 Å². The maximum Gasteiger partial charge on any atom is 0.252 e. The Morgan fingerprint density at radius 3 is 2.62 bits per heavy atom. The fourth-order valence-electron chi connectivity index (χ4n) is 2.05. The third kappa shape index (κ3) is 5.75. The predicted molar refractivity (Wildman–Crippen MR) is 84.2 cm³/mol. The van der Waals surface area contributed by atoms with E-state index < -0.39 is 0 Å². The lowest BCUT2D eigenvalue weighted by Crippen LogP contribution is -2.32. The largest absolute Gasteiger partial charge is 0.351 e. The fraction of sp³-hybridized carbons (Fsp3) is 0.294. The molecule has 1 aromatic carbocycles. The molecule has 2 rings (SSSR count). The highest BCUT2D eigenvalue weighted by Gasteiger charge is 2.02. The Morgan fingerprint density at radius 2 is 1.86 bits per heavy atom. The standard InChI is InChI=1S/C17H21N3O/c21-17(16-9-5-11-19-14-16)20-13-12-18-10-4-8-15-6-2-1-3-7-15/h1-3,5-7,9,11,14,18H,4,8,10,12-13H2,(H,20,21). The van der Waals surface area contributed by atoms with E-state index >= 15 is 0 Å². The van der Waals surface area contributed by atoms with Crippen LogP contribution in [0.3, 0.4) is 0 Å². The summed E-state index contributed by atoms with van der Waals surface area (Å²) < 4.78 is 0. The molecule has 0 radical (unpaired) electrons. The first-order valence-corrected chi connectivity index (χ1v) is 7.29. The Labute approximate surface area is 125 Å². The van der Waals surface area contributed by atoms with Crippen molar-refractivity contribution in [3.63, 3.8) is 0 Å². The number of aromatic nitrogens is 1. The number of carbonyl (C=O) groups is 1. The number of aryl methyl sites for hydroxylation is 1. The Hall–Kier alpha value is -2.20. The molecule has 4 nitrogen and oxygen atoms in total. The summed E-state index contributed by atoms with van der Waals surface area (Å²) in [5.41, 5.74) is 1.96. The van der Waals surface area contributed by atoms with Crippen molar-refractivity contribution in [1.82, 2.24) is 15.6 Å². The van der Waals surface area contributed by atoms with Crippen LogP contribution in [0.2, 0.25) is 0 Å². The van der Waals surface area contributed by atoms with Gasteiger partial charge in [-0.3, -0.25) is 9.78 Å². The van der Waals surface area contributed by atoms with E-state index in [1.54, 1.807) is 24.5 Å². The smallest absolute Gasteiger partial charge is 0.252 e. The maximum absolute atomic E-state index is 11.7. The maximum atomic E-state index is 11.7. The number of amides is 1. The Balaban J connectivity index is 1.51. The molecule has 0 saturated heterocycles.